The van der Waals surface area contributed by atoms with Crippen molar-refractivity contribution in [3.05, 3.63) is 28.6 Å². The molecule has 88 valence electrons. The number of aliphatic hydroxyl groups is 1. The minimum absolute atomic E-state index is 0.00158. The minimum atomic E-state index is -0.217. The topological polar surface area (TPSA) is 74.7 Å². The van der Waals surface area contributed by atoms with E-state index in [2.05, 4.69) is 9.71 Å². The number of ether oxygens (including phenoxy) is 1. The molecular formula is C11H17N2O3+. The fourth-order valence-corrected chi connectivity index (χ4v) is 1.04. The van der Waals surface area contributed by atoms with Crippen molar-refractivity contribution in [1.29, 1.82) is 5.39 Å². The lowest BCUT2D eigenvalue weighted by atomic mass is 10.2. The molecule has 0 aliphatic carbocycles. The summed E-state index contributed by atoms with van der Waals surface area (Å²) in [6, 6.07) is 0. The van der Waals surface area contributed by atoms with E-state index in [-0.39, 0.29) is 17.4 Å². The van der Waals surface area contributed by atoms with Gasteiger partial charge in [-0.1, -0.05) is 12.2 Å². The zero-order valence-electron chi connectivity index (χ0n) is 9.64. The Morgan fingerprint density at radius 3 is 2.69 bits per heavy atom. The molecule has 0 atom stereocenters. The van der Waals surface area contributed by atoms with Crippen LogP contribution in [0.25, 0.3) is 4.98 Å². The second-order valence-electron chi connectivity index (χ2n) is 3.28. The third kappa shape index (κ3) is 6.60. The maximum absolute atomic E-state index is 10.8. The summed E-state index contributed by atoms with van der Waals surface area (Å²) in [5.74, 6) is -0.216. The average Bonchev–Trinajstić information content (AvgIpc) is 2.27. The molecule has 0 fully saturated rings. The summed E-state index contributed by atoms with van der Waals surface area (Å²) in [6.45, 7) is 1.46. The van der Waals surface area contributed by atoms with Gasteiger partial charge in [0.1, 0.15) is 0 Å². The molecule has 0 aliphatic heterocycles. The lowest BCUT2D eigenvalue weighted by molar-refractivity contribution is -0.140. The molecule has 0 unspecified atom stereocenters. The zero-order valence-corrected chi connectivity index (χ0v) is 9.64. The fraction of sp³-hybridized carbons (Fsp3) is 0.545. The van der Waals surface area contributed by atoms with Gasteiger partial charge in [0.2, 0.25) is 5.39 Å². The molecule has 5 heteroatoms. The van der Waals surface area contributed by atoms with Gasteiger partial charge in [-0.25, -0.2) is 0 Å². The molecule has 0 saturated heterocycles. The molecule has 0 amide bonds. The maximum atomic E-state index is 10.8. The van der Waals surface area contributed by atoms with Crippen LogP contribution in [0.2, 0.25) is 0 Å². The van der Waals surface area contributed by atoms with Crippen molar-refractivity contribution in [3.8, 4) is 0 Å². The molecule has 0 spiro atoms. The van der Waals surface area contributed by atoms with E-state index < -0.39 is 0 Å². The largest absolute Gasteiger partial charge is 0.505 e. The highest BCUT2D eigenvalue weighted by atomic mass is 16.5. The van der Waals surface area contributed by atoms with Crippen molar-refractivity contribution in [1.82, 2.24) is 0 Å². The monoisotopic (exact) mass is 225 g/mol. The van der Waals surface area contributed by atoms with Crippen LogP contribution in [0.3, 0.4) is 0 Å². The Bertz CT molecular complexity index is 323. The third-order valence-corrected chi connectivity index (χ3v) is 2.00. The molecule has 0 aromatic heterocycles. The Hall–Kier alpha value is -1.83. The van der Waals surface area contributed by atoms with E-state index in [1.165, 1.54) is 14.0 Å². The van der Waals surface area contributed by atoms with Crippen molar-refractivity contribution in [3.63, 3.8) is 0 Å². The van der Waals surface area contributed by atoms with E-state index in [0.717, 1.165) is 12.8 Å². The highest BCUT2D eigenvalue weighted by Gasteiger charge is 2.11. The number of diazo groups is 1. The van der Waals surface area contributed by atoms with Crippen LogP contribution in [0.4, 0.5) is 0 Å². The summed E-state index contributed by atoms with van der Waals surface area (Å²) in [6.07, 6.45) is 5.89. The summed E-state index contributed by atoms with van der Waals surface area (Å²) in [5, 5.41) is 17.6. The van der Waals surface area contributed by atoms with Gasteiger partial charge in [-0.2, -0.15) is 0 Å². The molecule has 0 bridgehead atoms. The van der Waals surface area contributed by atoms with Crippen LogP contribution in [0.5, 0.6) is 0 Å². The Morgan fingerprint density at radius 1 is 1.50 bits per heavy atom. The number of nitrogens with zero attached hydrogens (tertiary/aromatic N) is 2. The second-order valence-corrected chi connectivity index (χ2v) is 3.28. The van der Waals surface area contributed by atoms with Crippen molar-refractivity contribution >= 4 is 5.97 Å². The predicted molar refractivity (Wildman–Crippen MR) is 60.0 cm³/mol. The van der Waals surface area contributed by atoms with E-state index >= 15 is 0 Å². The molecule has 0 aliphatic rings. The van der Waals surface area contributed by atoms with Crippen molar-refractivity contribution < 1.29 is 14.6 Å². The molecule has 0 radical (unpaired) electrons. The third-order valence-electron chi connectivity index (χ3n) is 2.00. The zero-order chi connectivity index (χ0) is 12.4. The number of esters is 1. The summed E-state index contributed by atoms with van der Waals surface area (Å²) in [7, 11) is 1.36. The highest BCUT2D eigenvalue weighted by molar-refractivity contribution is 5.68. The van der Waals surface area contributed by atoms with Gasteiger partial charge >= 0.3 is 11.7 Å². The SMILES string of the molecule is COC(=O)CCC/C=C\C/C([N+]#N)=C(\C)O. The number of rotatable bonds is 6. The Labute approximate surface area is 95.0 Å². The van der Waals surface area contributed by atoms with Gasteiger partial charge in [0.05, 0.1) is 13.5 Å². The number of carbonyl (C=O) groups is 1. The number of aliphatic hydroxyl groups excluding tert-OH is 1. The first-order valence-corrected chi connectivity index (χ1v) is 5.07. The normalized spacial score (nSPS) is 12.1. The van der Waals surface area contributed by atoms with Crippen LogP contribution in [-0.2, 0) is 9.53 Å². The predicted octanol–water partition coefficient (Wildman–Crippen LogP) is 2.92. The summed E-state index contributed by atoms with van der Waals surface area (Å²) in [5.41, 5.74) is 0.240. The Morgan fingerprint density at radius 2 is 2.19 bits per heavy atom. The lowest BCUT2D eigenvalue weighted by Crippen LogP contribution is -1.98. The summed E-state index contributed by atoms with van der Waals surface area (Å²) in [4.78, 5) is 13.7. The molecule has 0 aromatic rings. The van der Waals surface area contributed by atoms with E-state index in [1.54, 1.807) is 6.08 Å². The number of methoxy groups -OCH3 is 1. The van der Waals surface area contributed by atoms with Crippen molar-refractivity contribution in [2.45, 2.75) is 32.6 Å². The van der Waals surface area contributed by atoms with Crippen LogP contribution in [0.15, 0.2) is 23.6 Å². The van der Waals surface area contributed by atoms with E-state index in [9.17, 15) is 4.79 Å². The van der Waals surface area contributed by atoms with Gasteiger partial charge in [0.15, 0.2) is 10.7 Å². The van der Waals surface area contributed by atoms with Gasteiger partial charge in [0, 0.05) is 13.3 Å². The van der Waals surface area contributed by atoms with Crippen LogP contribution in [0.1, 0.15) is 32.6 Å². The molecule has 0 aromatic carbocycles. The highest BCUT2D eigenvalue weighted by Crippen LogP contribution is 2.09. The average molecular weight is 225 g/mol. The maximum Gasteiger partial charge on any atom is 0.401 e. The van der Waals surface area contributed by atoms with Crippen LogP contribution in [0, 0.1) is 5.39 Å². The van der Waals surface area contributed by atoms with Gasteiger partial charge < -0.3 is 9.84 Å². The van der Waals surface area contributed by atoms with Gasteiger partial charge in [-0.3, -0.25) is 4.79 Å². The standard InChI is InChI=1S/C11H16N2O3/c1-9(14)10(13-12)7-5-3-4-6-8-11(15)16-2/h3,5H,4,6-8H2,1-2H3/p+1/b5-3-,10-9-. The van der Waals surface area contributed by atoms with Crippen molar-refractivity contribution in [2.75, 3.05) is 7.11 Å². The summed E-state index contributed by atoms with van der Waals surface area (Å²) < 4.78 is 4.49. The first-order chi connectivity index (χ1) is 7.61. The molecular weight excluding hydrogens is 208 g/mol. The first kappa shape index (κ1) is 14.2. The number of allylic oxidation sites excluding steroid dienone is 3. The Balaban J connectivity index is 3.76. The van der Waals surface area contributed by atoms with Crippen LogP contribution < -0.4 is 0 Å². The molecule has 0 heterocycles. The molecule has 0 rings (SSSR count). The first-order valence-electron chi connectivity index (χ1n) is 5.07. The van der Waals surface area contributed by atoms with Crippen molar-refractivity contribution in [2.24, 2.45) is 0 Å². The fourth-order valence-electron chi connectivity index (χ4n) is 1.04. The van der Waals surface area contributed by atoms with Gasteiger partial charge in [0.25, 0.3) is 0 Å². The summed E-state index contributed by atoms with van der Waals surface area (Å²) >= 11 is 0. The van der Waals surface area contributed by atoms with E-state index in [4.69, 9.17) is 10.5 Å². The molecule has 1 N–H and O–H groups in total. The number of carbonyl (C=O) groups excluding carboxylic acids is 1. The quantitative estimate of drug-likeness (QED) is 0.248. The molecule has 5 nitrogen and oxygen atoms in total. The minimum Gasteiger partial charge on any atom is -0.505 e. The number of hydrogen-bond acceptors (Lipinski definition) is 4. The van der Waals surface area contributed by atoms with Crippen LogP contribution >= 0.6 is 0 Å². The number of unbranched alkanes of at least 4 members (excludes halogenated alkanes) is 1. The van der Waals surface area contributed by atoms with Gasteiger partial charge in [-0.15, -0.1) is 0 Å². The van der Waals surface area contributed by atoms with E-state index in [1.807, 2.05) is 6.08 Å². The molecule has 16 heavy (non-hydrogen) atoms. The number of hydrogen-bond donors (Lipinski definition) is 1. The smallest absolute Gasteiger partial charge is 0.401 e. The van der Waals surface area contributed by atoms with Crippen LogP contribution in [-0.4, -0.2) is 18.2 Å². The van der Waals surface area contributed by atoms with E-state index in [0.29, 0.717) is 12.8 Å². The lowest BCUT2D eigenvalue weighted by Gasteiger charge is -1.95. The molecule has 0 saturated carbocycles. The second kappa shape index (κ2) is 8.48. The Kier molecular flexibility index (Phi) is 7.51. The van der Waals surface area contributed by atoms with Gasteiger partial charge in [-0.05, 0) is 12.8 Å².